The molecule has 0 fully saturated rings. The maximum absolute atomic E-state index is 12.9. The fourth-order valence-corrected chi connectivity index (χ4v) is 1.73. The van der Waals surface area contributed by atoms with Gasteiger partial charge in [0.25, 0.3) is 0 Å². The number of alkyl halides is 3. The fraction of sp³-hybridized carbons (Fsp3) is 0.333. The number of benzene rings is 1. The van der Waals surface area contributed by atoms with Gasteiger partial charge >= 0.3 is 6.18 Å². The van der Waals surface area contributed by atoms with Gasteiger partial charge in [0.1, 0.15) is 4.99 Å². The van der Waals surface area contributed by atoms with E-state index in [0.29, 0.717) is 0 Å². The number of hydrogen-bond acceptors (Lipinski definition) is 3. The van der Waals surface area contributed by atoms with Crippen LogP contribution >= 0.6 is 12.2 Å². The molecule has 4 N–H and O–H groups in total. The largest absolute Gasteiger partial charge is 0.417 e. The smallest absolute Gasteiger partial charge is 0.389 e. The van der Waals surface area contributed by atoms with E-state index < -0.39 is 11.7 Å². The Labute approximate surface area is 119 Å². The summed E-state index contributed by atoms with van der Waals surface area (Å²) >= 11 is 4.60. The zero-order chi connectivity index (χ0) is 15.3. The first-order chi connectivity index (χ1) is 9.25. The van der Waals surface area contributed by atoms with Crippen molar-refractivity contribution in [3.63, 3.8) is 0 Å². The van der Waals surface area contributed by atoms with Gasteiger partial charge in [0.05, 0.1) is 5.56 Å². The van der Waals surface area contributed by atoms with Crippen LogP contribution in [0.5, 0.6) is 0 Å². The number of carbonyl (C=O) groups excluding carboxylic acids is 1. The van der Waals surface area contributed by atoms with Gasteiger partial charge in [0, 0.05) is 31.3 Å². The van der Waals surface area contributed by atoms with Crippen LogP contribution in [0.25, 0.3) is 0 Å². The summed E-state index contributed by atoms with van der Waals surface area (Å²) in [5, 5.41) is 5.16. The zero-order valence-electron chi connectivity index (χ0n) is 10.7. The highest BCUT2D eigenvalue weighted by Gasteiger charge is 2.34. The maximum atomic E-state index is 12.9. The summed E-state index contributed by atoms with van der Waals surface area (Å²) in [6.45, 7) is 0.226. The van der Waals surface area contributed by atoms with Crippen molar-refractivity contribution in [3.8, 4) is 0 Å². The van der Waals surface area contributed by atoms with E-state index in [4.69, 9.17) is 5.73 Å². The Morgan fingerprint density at radius 1 is 1.40 bits per heavy atom. The van der Waals surface area contributed by atoms with E-state index in [9.17, 15) is 18.0 Å². The minimum atomic E-state index is -4.54. The van der Waals surface area contributed by atoms with Crippen molar-refractivity contribution in [3.05, 3.63) is 29.3 Å². The van der Waals surface area contributed by atoms with Crippen molar-refractivity contribution >= 4 is 28.8 Å². The molecule has 0 aliphatic heterocycles. The van der Waals surface area contributed by atoms with Crippen LogP contribution in [0.15, 0.2) is 18.2 Å². The average Bonchev–Trinajstić information content (AvgIpc) is 2.37. The van der Waals surface area contributed by atoms with Crippen LogP contribution in [0.3, 0.4) is 0 Å². The van der Waals surface area contributed by atoms with Crippen molar-refractivity contribution in [2.45, 2.75) is 12.6 Å². The number of rotatable bonds is 5. The van der Waals surface area contributed by atoms with Gasteiger partial charge in [-0.25, -0.2) is 0 Å². The fourth-order valence-electron chi connectivity index (χ4n) is 1.55. The van der Waals surface area contributed by atoms with E-state index in [1.165, 1.54) is 19.2 Å². The quantitative estimate of drug-likeness (QED) is 0.727. The molecule has 8 heteroatoms. The van der Waals surface area contributed by atoms with E-state index in [-0.39, 0.29) is 35.1 Å². The van der Waals surface area contributed by atoms with Crippen LogP contribution in [0.1, 0.15) is 17.5 Å². The Kier molecular flexibility index (Phi) is 5.32. The summed E-state index contributed by atoms with van der Waals surface area (Å²) in [4.78, 5) is 10.7. The zero-order valence-corrected chi connectivity index (χ0v) is 11.5. The predicted molar refractivity (Wildman–Crippen MR) is 74.5 cm³/mol. The van der Waals surface area contributed by atoms with E-state index in [0.717, 1.165) is 6.07 Å². The first-order valence-corrected chi connectivity index (χ1v) is 6.12. The summed E-state index contributed by atoms with van der Waals surface area (Å²) in [7, 11) is 1.49. The van der Waals surface area contributed by atoms with Crippen LogP contribution in [-0.4, -0.2) is 24.5 Å². The minimum absolute atomic E-state index is 0.162. The molecule has 0 atom stereocenters. The molecule has 0 radical (unpaired) electrons. The Hall–Kier alpha value is -1.83. The number of carbonyl (C=O) groups is 1. The molecule has 4 nitrogen and oxygen atoms in total. The van der Waals surface area contributed by atoms with Gasteiger partial charge in [0.15, 0.2) is 0 Å². The number of nitrogens with one attached hydrogen (secondary N) is 2. The molecular formula is C12H14F3N3OS. The Morgan fingerprint density at radius 3 is 2.55 bits per heavy atom. The topological polar surface area (TPSA) is 67.2 Å². The molecule has 0 heterocycles. The molecule has 0 aromatic heterocycles. The molecule has 0 aliphatic rings. The second kappa shape index (κ2) is 6.56. The molecular weight excluding hydrogens is 291 g/mol. The number of hydrogen-bond donors (Lipinski definition) is 3. The summed E-state index contributed by atoms with van der Waals surface area (Å²) in [6, 6.07) is 3.58. The third kappa shape index (κ3) is 4.37. The van der Waals surface area contributed by atoms with E-state index in [1.54, 1.807) is 0 Å². The van der Waals surface area contributed by atoms with Crippen LogP contribution in [0.4, 0.5) is 18.9 Å². The van der Waals surface area contributed by atoms with Crippen molar-refractivity contribution in [1.82, 2.24) is 5.32 Å². The number of anilines is 1. The van der Waals surface area contributed by atoms with Gasteiger partial charge in [-0.1, -0.05) is 12.2 Å². The van der Waals surface area contributed by atoms with Crippen LogP contribution < -0.4 is 16.4 Å². The highest BCUT2D eigenvalue weighted by molar-refractivity contribution is 7.80. The van der Waals surface area contributed by atoms with Crippen molar-refractivity contribution in [1.29, 1.82) is 0 Å². The molecule has 0 bridgehead atoms. The predicted octanol–water partition coefficient (Wildman–Crippen LogP) is 1.89. The number of nitrogens with two attached hydrogens (primary N) is 1. The van der Waals surface area contributed by atoms with E-state index in [1.807, 2.05) is 0 Å². The van der Waals surface area contributed by atoms with Gasteiger partial charge in [-0.05, 0) is 18.2 Å². The molecule has 1 rings (SSSR count). The first-order valence-electron chi connectivity index (χ1n) is 5.71. The highest BCUT2D eigenvalue weighted by atomic mass is 32.1. The molecule has 0 unspecified atom stereocenters. The second-order valence-corrected chi connectivity index (χ2v) is 4.41. The standard InChI is InChI=1S/C12H14F3N3OS/c1-17-10(19)4-5-18-7-2-3-8(11(16)20)9(6-7)12(13,14)15/h2-3,6,18H,4-5H2,1H3,(H2,16,20)(H,17,19). The lowest BCUT2D eigenvalue weighted by Crippen LogP contribution is -2.21. The maximum Gasteiger partial charge on any atom is 0.417 e. The van der Waals surface area contributed by atoms with Gasteiger partial charge in [0.2, 0.25) is 5.91 Å². The lowest BCUT2D eigenvalue weighted by Gasteiger charge is -2.14. The molecule has 0 aliphatic carbocycles. The molecule has 110 valence electrons. The Morgan fingerprint density at radius 2 is 2.05 bits per heavy atom. The Bertz CT molecular complexity index is 517. The number of thiocarbonyl (C=S) groups is 1. The molecule has 20 heavy (non-hydrogen) atoms. The summed E-state index contributed by atoms with van der Waals surface area (Å²) < 4.78 is 38.7. The van der Waals surface area contributed by atoms with Crippen molar-refractivity contribution in [2.24, 2.45) is 5.73 Å². The third-order valence-corrected chi connectivity index (χ3v) is 2.77. The molecule has 0 spiro atoms. The first kappa shape index (κ1) is 16.2. The molecule has 0 saturated heterocycles. The summed E-state index contributed by atoms with van der Waals surface area (Å²) in [5.74, 6) is -0.201. The SMILES string of the molecule is CNC(=O)CCNc1ccc(C(N)=S)c(C(F)(F)F)c1. The lowest BCUT2D eigenvalue weighted by molar-refractivity contribution is -0.137. The van der Waals surface area contributed by atoms with Crippen LogP contribution in [-0.2, 0) is 11.0 Å². The third-order valence-electron chi connectivity index (χ3n) is 2.55. The normalized spacial score (nSPS) is 11.0. The van der Waals surface area contributed by atoms with E-state index >= 15 is 0 Å². The molecule has 1 aromatic rings. The number of amides is 1. The van der Waals surface area contributed by atoms with Gasteiger partial charge in [-0.15, -0.1) is 0 Å². The molecule has 1 aromatic carbocycles. The number of halogens is 3. The van der Waals surface area contributed by atoms with Crippen LogP contribution in [0, 0.1) is 0 Å². The highest BCUT2D eigenvalue weighted by Crippen LogP contribution is 2.33. The summed E-state index contributed by atoms with van der Waals surface area (Å²) in [5.41, 5.74) is 4.42. The molecule has 0 saturated carbocycles. The van der Waals surface area contributed by atoms with Gasteiger partial charge < -0.3 is 16.4 Å². The average molecular weight is 305 g/mol. The lowest BCUT2D eigenvalue weighted by atomic mass is 10.1. The van der Waals surface area contributed by atoms with Gasteiger partial charge in [-0.3, -0.25) is 4.79 Å². The summed E-state index contributed by atoms with van der Waals surface area (Å²) in [6.07, 6.45) is -4.38. The van der Waals surface area contributed by atoms with Gasteiger partial charge in [-0.2, -0.15) is 13.2 Å². The van der Waals surface area contributed by atoms with Crippen molar-refractivity contribution in [2.75, 3.05) is 18.9 Å². The monoisotopic (exact) mass is 305 g/mol. The Balaban J connectivity index is 2.90. The minimum Gasteiger partial charge on any atom is -0.389 e. The van der Waals surface area contributed by atoms with Crippen LogP contribution in [0.2, 0.25) is 0 Å². The molecule has 1 amide bonds. The second-order valence-electron chi connectivity index (χ2n) is 3.97. The van der Waals surface area contributed by atoms with Crippen molar-refractivity contribution < 1.29 is 18.0 Å². The van der Waals surface area contributed by atoms with E-state index in [2.05, 4.69) is 22.9 Å².